The van der Waals surface area contributed by atoms with Gasteiger partial charge in [-0.25, -0.2) is 4.79 Å². The molecule has 1 fully saturated rings. The summed E-state index contributed by atoms with van der Waals surface area (Å²) in [6.07, 6.45) is 3.42. The molecule has 1 aliphatic heterocycles. The molecule has 3 aromatic rings. The molecule has 4 rings (SSSR count). The van der Waals surface area contributed by atoms with Crippen LogP contribution in [0.15, 0.2) is 60.3 Å². The fraction of sp³-hybridized carbons (Fsp3) is 0.0952. The van der Waals surface area contributed by atoms with E-state index < -0.39 is 17.8 Å². The minimum Gasteiger partial charge on any atom is -0.342 e. The molecule has 140 valence electrons. The molecule has 4 amide bonds. The van der Waals surface area contributed by atoms with Crippen LogP contribution in [-0.4, -0.2) is 34.4 Å². The Morgan fingerprint density at radius 1 is 1.04 bits per heavy atom. The molecule has 0 atom stereocenters. The number of benzene rings is 2. The standard InChI is InChI=1S/C21H16ClN3O3/c1-24-20(27)17(19(26)23-21(24)28)10-14-12-25(18-5-3-2-4-16(14)18)11-13-6-8-15(22)9-7-13/h2-10,12H,11H2,1H3,(H,23,26,28)/b17-10+. The topological polar surface area (TPSA) is 71.4 Å². The first-order valence-electron chi connectivity index (χ1n) is 8.61. The highest BCUT2D eigenvalue weighted by atomic mass is 35.5. The van der Waals surface area contributed by atoms with E-state index in [1.54, 1.807) is 0 Å². The average Bonchev–Trinajstić information content (AvgIpc) is 3.03. The SMILES string of the molecule is CN1C(=O)NC(=O)/C(=C\c2cn(Cc3ccc(Cl)cc3)c3ccccc23)C1=O. The van der Waals surface area contributed by atoms with Gasteiger partial charge >= 0.3 is 6.03 Å². The van der Waals surface area contributed by atoms with Crippen molar-refractivity contribution in [2.24, 2.45) is 0 Å². The van der Waals surface area contributed by atoms with Crippen molar-refractivity contribution in [1.82, 2.24) is 14.8 Å². The molecule has 1 saturated heterocycles. The van der Waals surface area contributed by atoms with Gasteiger partial charge in [-0.1, -0.05) is 41.9 Å². The number of barbiturate groups is 1. The summed E-state index contributed by atoms with van der Waals surface area (Å²) in [5.41, 5.74) is 2.70. The molecule has 0 spiro atoms. The number of nitrogens with one attached hydrogen (secondary N) is 1. The van der Waals surface area contributed by atoms with Gasteiger partial charge in [0, 0.05) is 41.3 Å². The lowest BCUT2D eigenvalue weighted by Gasteiger charge is -2.22. The molecule has 2 aromatic carbocycles. The van der Waals surface area contributed by atoms with Crippen molar-refractivity contribution >= 4 is 46.4 Å². The lowest BCUT2D eigenvalue weighted by molar-refractivity contribution is -0.129. The second kappa shape index (κ2) is 6.98. The monoisotopic (exact) mass is 393 g/mol. The van der Waals surface area contributed by atoms with Gasteiger partial charge in [0.2, 0.25) is 0 Å². The first-order chi connectivity index (χ1) is 13.4. The van der Waals surface area contributed by atoms with Crippen molar-refractivity contribution in [2.75, 3.05) is 7.05 Å². The fourth-order valence-electron chi connectivity index (χ4n) is 3.21. The predicted octanol–water partition coefficient (Wildman–Crippen LogP) is 3.43. The molecule has 0 bridgehead atoms. The number of halogens is 1. The second-order valence-corrected chi connectivity index (χ2v) is 6.97. The van der Waals surface area contributed by atoms with Gasteiger partial charge in [0.1, 0.15) is 5.57 Å². The van der Waals surface area contributed by atoms with Crippen molar-refractivity contribution in [2.45, 2.75) is 6.54 Å². The number of nitrogens with zero attached hydrogens (tertiary/aromatic N) is 2. The van der Waals surface area contributed by atoms with Crippen molar-refractivity contribution < 1.29 is 14.4 Å². The molecule has 7 heteroatoms. The zero-order valence-corrected chi connectivity index (χ0v) is 15.7. The third kappa shape index (κ3) is 3.18. The molecule has 0 unspecified atom stereocenters. The summed E-state index contributed by atoms with van der Waals surface area (Å²) in [4.78, 5) is 37.0. The summed E-state index contributed by atoms with van der Waals surface area (Å²) in [6.45, 7) is 0.611. The third-order valence-corrected chi connectivity index (χ3v) is 4.94. The van der Waals surface area contributed by atoms with E-state index in [1.807, 2.05) is 59.3 Å². The van der Waals surface area contributed by atoms with Crippen LogP contribution in [0, 0.1) is 0 Å². The second-order valence-electron chi connectivity index (χ2n) is 6.54. The first-order valence-corrected chi connectivity index (χ1v) is 8.99. The Bertz CT molecular complexity index is 1150. The van der Waals surface area contributed by atoms with Gasteiger partial charge in [-0.15, -0.1) is 0 Å². The lowest BCUT2D eigenvalue weighted by atomic mass is 10.1. The van der Waals surface area contributed by atoms with Gasteiger partial charge in [-0.2, -0.15) is 0 Å². The van der Waals surface area contributed by atoms with Gasteiger partial charge in [-0.05, 0) is 29.8 Å². The van der Waals surface area contributed by atoms with E-state index in [-0.39, 0.29) is 5.57 Å². The van der Waals surface area contributed by atoms with E-state index in [2.05, 4.69) is 5.32 Å². The van der Waals surface area contributed by atoms with Crippen molar-refractivity contribution in [3.8, 4) is 0 Å². The smallest absolute Gasteiger partial charge is 0.331 e. The minimum absolute atomic E-state index is 0.0727. The van der Waals surface area contributed by atoms with E-state index in [9.17, 15) is 14.4 Å². The summed E-state index contributed by atoms with van der Waals surface area (Å²) in [6, 6.07) is 14.6. The highest BCUT2D eigenvalue weighted by molar-refractivity contribution is 6.31. The predicted molar refractivity (Wildman–Crippen MR) is 107 cm³/mol. The number of aromatic nitrogens is 1. The fourth-order valence-corrected chi connectivity index (χ4v) is 3.33. The summed E-state index contributed by atoms with van der Waals surface area (Å²) in [5, 5.41) is 3.75. The van der Waals surface area contributed by atoms with E-state index in [4.69, 9.17) is 11.6 Å². The number of rotatable bonds is 3. The molecule has 6 nitrogen and oxygen atoms in total. The van der Waals surface area contributed by atoms with Crippen LogP contribution in [-0.2, 0) is 16.1 Å². The molecule has 0 aliphatic carbocycles. The van der Waals surface area contributed by atoms with Crippen LogP contribution in [0.3, 0.4) is 0 Å². The van der Waals surface area contributed by atoms with E-state index in [0.29, 0.717) is 11.6 Å². The molecule has 1 aliphatic rings. The molecule has 1 aromatic heterocycles. The number of para-hydroxylation sites is 1. The van der Waals surface area contributed by atoms with Gasteiger partial charge in [0.15, 0.2) is 0 Å². The number of carbonyl (C=O) groups excluding carboxylic acids is 3. The maximum absolute atomic E-state index is 12.4. The number of fused-ring (bicyclic) bond motifs is 1. The Hall–Kier alpha value is -3.38. The quantitative estimate of drug-likeness (QED) is 0.547. The van der Waals surface area contributed by atoms with Crippen LogP contribution >= 0.6 is 11.6 Å². The number of imide groups is 2. The van der Waals surface area contributed by atoms with Crippen LogP contribution in [0.2, 0.25) is 5.02 Å². The maximum atomic E-state index is 12.4. The number of hydrogen-bond acceptors (Lipinski definition) is 3. The normalized spacial score (nSPS) is 16.1. The summed E-state index contributed by atoms with van der Waals surface area (Å²) in [5.74, 6) is -1.31. The summed E-state index contributed by atoms with van der Waals surface area (Å²) >= 11 is 5.96. The summed E-state index contributed by atoms with van der Waals surface area (Å²) in [7, 11) is 1.34. The third-order valence-electron chi connectivity index (χ3n) is 4.69. The maximum Gasteiger partial charge on any atom is 0.331 e. The summed E-state index contributed by atoms with van der Waals surface area (Å²) < 4.78 is 2.05. The van der Waals surface area contributed by atoms with Crippen molar-refractivity contribution in [3.63, 3.8) is 0 Å². The highest BCUT2D eigenvalue weighted by Crippen LogP contribution is 2.26. The molecule has 28 heavy (non-hydrogen) atoms. The van der Waals surface area contributed by atoms with Crippen LogP contribution in [0.5, 0.6) is 0 Å². The van der Waals surface area contributed by atoms with E-state index >= 15 is 0 Å². The van der Waals surface area contributed by atoms with Crippen LogP contribution < -0.4 is 5.32 Å². The Morgan fingerprint density at radius 2 is 1.75 bits per heavy atom. The zero-order valence-electron chi connectivity index (χ0n) is 15.0. The lowest BCUT2D eigenvalue weighted by Crippen LogP contribution is -2.52. The van der Waals surface area contributed by atoms with Crippen LogP contribution in [0.4, 0.5) is 4.79 Å². The van der Waals surface area contributed by atoms with Gasteiger partial charge in [-0.3, -0.25) is 19.8 Å². The van der Waals surface area contributed by atoms with Gasteiger partial charge < -0.3 is 4.57 Å². The Morgan fingerprint density at radius 3 is 2.50 bits per heavy atom. The van der Waals surface area contributed by atoms with Crippen molar-refractivity contribution in [3.05, 3.63) is 76.5 Å². The molecular weight excluding hydrogens is 378 g/mol. The number of likely N-dealkylation sites (N-methyl/N-ethyl adjacent to an activating group) is 1. The Labute approximate surface area is 166 Å². The number of carbonyl (C=O) groups is 3. The average molecular weight is 394 g/mol. The molecule has 2 heterocycles. The highest BCUT2D eigenvalue weighted by Gasteiger charge is 2.33. The van der Waals surface area contributed by atoms with Crippen LogP contribution in [0.25, 0.3) is 17.0 Å². The number of hydrogen-bond donors (Lipinski definition) is 1. The van der Waals surface area contributed by atoms with Crippen LogP contribution in [0.1, 0.15) is 11.1 Å². The molecular formula is C21H16ClN3O3. The molecule has 0 radical (unpaired) electrons. The number of amides is 4. The van der Waals surface area contributed by atoms with Crippen molar-refractivity contribution in [1.29, 1.82) is 0 Å². The van der Waals surface area contributed by atoms with E-state index in [0.717, 1.165) is 26.9 Å². The molecule has 1 N–H and O–H groups in total. The zero-order chi connectivity index (χ0) is 19.8. The van der Waals surface area contributed by atoms with Gasteiger partial charge in [0.25, 0.3) is 11.8 Å². The number of urea groups is 1. The van der Waals surface area contributed by atoms with Gasteiger partial charge in [0.05, 0.1) is 0 Å². The first kappa shape index (κ1) is 18.0. The van der Waals surface area contributed by atoms with E-state index in [1.165, 1.54) is 13.1 Å². The largest absolute Gasteiger partial charge is 0.342 e. The molecule has 0 saturated carbocycles. The Balaban J connectivity index is 1.78. The Kier molecular flexibility index (Phi) is 4.49. The minimum atomic E-state index is -0.725.